The van der Waals surface area contributed by atoms with Gasteiger partial charge in [-0.2, -0.15) is 0 Å². The number of carbonyl (C=O) groups is 1. The lowest BCUT2D eigenvalue weighted by molar-refractivity contribution is -0.120. The summed E-state index contributed by atoms with van der Waals surface area (Å²) in [5, 5.41) is 2.80. The fraction of sp³-hybridized carbons (Fsp3) is 0.533. The summed E-state index contributed by atoms with van der Waals surface area (Å²) < 4.78 is 19.1. The lowest BCUT2D eigenvalue weighted by atomic mass is 10.2. The first kappa shape index (κ1) is 17.1. The van der Waals surface area contributed by atoms with E-state index in [-0.39, 0.29) is 29.9 Å². The van der Waals surface area contributed by atoms with Crippen LogP contribution in [0.5, 0.6) is 5.75 Å². The summed E-state index contributed by atoms with van der Waals surface area (Å²) in [4.78, 5) is 13.4. The number of anilines is 2. The molecule has 1 aromatic rings. The Balaban J connectivity index is 2.87. The Morgan fingerprint density at radius 1 is 1.48 bits per heavy atom. The third kappa shape index (κ3) is 5.13. The van der Waals surface area contributed by atoms with Crippen molar-refractivity contribution in [3.8, 4) is 5.75 Å². The van der Waals surface area contributed by atoms with Crippen LogP contribution in [0.25, 0.3) is 0 Å². The Morgan fingerprint density at radius 3 is 2.71 bits per heavy atom. The van der Waals surface area contributed by atoms with E-state index in [1.807, 2.05) is 20.8 Å². The van der Waals surface area contributed by atoms with Crippen molar-refractivity contribution in [2.75, 3.05) is 30.8 Å². The molecule has 1 rings (SSSR count). The van der Waals surface area contributed by atoms with Crippen LogP contribution in [0.15, 0.2) is 12.1 Å². The molecule has 0 radical (unpaired) electrons. The fourth-order valence-electron chi connectivity index (χ4n) is 1.88. The molecule has 0 heterocycles. The number of benzene rings is 1. The van der Waals surface area contributed by atoms with Gasteiger partial charge in [-0.15, -0.1) is 0 Å². The summed E-state index contributed by atoms with van der Waals surface area (Å²) >= 11 is 0. The summed E-state index contributed by atoms with van der Waals surface area (Å²) in [5.41, 5.74) is 6.67. The molecule has 118 valence electrons. The third-order valence-electron chi connectivity index (χ3n) is 2.78. The normalized spacial score (nSPS) is 10.6. The van der Waals surface area contributed by atoms with Gasteiger partial charge in [0.25, 0.3) is 0 Å². The molecule has 0 aliphatic carbocycles. The van der Waals surface area contributed by atoms with Gasteiger partial charge < -0.3 is 20.7 Å². The van der Waals surface area contributed by atoms with E-state index in [1.54, 1.807) is 11.9 Å². The number of ether oxygens (including phenoxy) is 1. The largest absolute Gasteiger partial charge is 0.490 e. The predicted molar refractivity (Wildman–Crippen MR) is 83.1 cm³/mol. The van der Waals surface area contributed by atoms with Gasteiger partial charge in [-0.1, -0.05) is 6.92 Å². The Kier molecular flexibility index (Phi) is 6.27. The van der Waals surface area contributed by atoms with Crippen molar-refractivity contribution >= 4 is 17.3 Å². The van der Waals surface area contributed by atoms with Crippen molar-refractivity contribution in [3.05, 3.63) is 17.9 Å². The zero-order valence-electron chi connectivity index (χ0n) is 13.1. The SMILES string of the molecule is CCCOc1cc(N(C)CC(=O)NC(C)C)c(N)cc1F. The number of halogens is 1. The van der Waals surface area contributed by atoms with E-state index < -0.39 is 5.82 Å². The quantitative estimate of drug-likeness (QED) is 0.757. The Hall–Kier alpha value is -1.98. The Bertz CT molecular complexity index is 492. The first-order chi connectivity index (χ1) is 9.85. The number of nitrogen functional groups attached to an aromatic ring is 1. The number of nitrogens with one attached hydrogen (secondary N) is 1. The molecule has 6 heteroatoms. The minimum absolute atomic E-state index is 0.0694. The standard InChI is InChI=1S/C15H24FN3O2/c1-5-6-21-14-8-13(12(17)7-11(14)16)19(4)9-15(20)18-10(2)3/h7-8,10H,5-6,9,17H2,1-4H3,(H,18,20). The zero-order valence-corrected chi connectivity index (χ0v) is 13.1. The molecule has 0 fully saturated rings. The fourth-order valence-corrected chi connectivity index (χ4v) is 1.88. The summed E-state index contributed by atoms with van der Waals surface area (Å²) in [6.07, 6.45) is 0.784. The Morgan fingerprint density at radius 2 is 2.14 bits per heavy atom. The van der Waals surface area contributed by atoms with Crippen LogP contribution in [-0.2, 0) is 4.79 Å². The molecule has 0 spiro atoms. The monoisotopic (exact) mass is 297 g/mol. The molecule has 0 saturated carbocycles. The highest BCUT2D eigenvalue weighted by atomic mass is 19.1. The first-order valence-electron chi connectivity index (χ1n) is 7.07. The second-order valence-electron chi connectivity index (χ2n) is 5.27. The molecule has 0 atom stereocenters. The number of amides is 1. The van der Waals surface area contributed by atoms with Gasteiger partial charge in [0.15, 0.2) is 11.6 Å². The summed E-state index contributed by atoms with van der Waals surface area (Å²) in [7, 11) is 1.73. The number of nitrogens with zero attached hydrogens (tertiary/aromatic N) is 1. The lowest BCUT2D eigenvalue weighted by Gasteiger charge is -2.22. The summed E-state index contributed by atoms with van der Waals surface area (Å²) in [6.45, 7) is 6.29. The van der Waals surface area contributed by atoms with Gasteiger partial charge in [0, 0.05) is 25.2 Å². The molecule has 1 aromatic carbocycles. The minimum atomic E-state index is -0.496. The average Bonchev–Trinajstić information content (AvgIpc) is 2.36. The van der Waals surface area contributed by atoms with Crippen LogP contribution in [-0.4, -0.2) is 32.1 Å². The van der Waals surface area contributed by atoms with Gasteiger partial charge >= 0.3 is 0 Å². The molecular formula is C15H24FN3O2. The Labute approximate surface area is 125 Å². The topological polar surface area (TPSA) is 67.6 Å². The molecule has 5 nitrogen and oxygen atoms in total. The third-order valence-corrected chi connectivity index (χ3v) is 2.78. The summed E-state index contributed by atoms with van der Waals surface area (Å²) in [5.74, 6) is -0.464. The number of rotatable bonds is 7. The van der Waals surface area contributed by atoms with Gasteiger partial charge in [-0.3, -0.25) is 4.79 Å². The summed E-state index contributed by atoms with van der Waals surface area (Å²) in [6, 6.07) is 2.82. The molecular weight excluding hydrogens is 273 g/mol. The van der Waals surface area contributed by atoms with Crippen LogP contribution >= 0.6 is 0 Å². The number of likely N-dealkylation sites (N-methyl/N-ethyl adjacent to an activating group) is 1. The number of hydrogen-bond donors (Lipinski definition) is 2. The van der Waals surface area contributed by atoms with Crippen LogP contribution in [0, 0.1) is 5.82 Å². The zero-order chi connectivity index (χ0) is 16.0. The molecule has 0 aliphatic heterocycles. The number of hydrogen-bond acceptors (Lipinski definition) is 4. The van der Waals surface area contributed by atoms with E-state index in [1.165, 1.54) is 12.1 Å². The molecule has 0 aromatic heterocycles. The molecule has 0 saturated heterocycles. The maximum atomic E-state index is 13.7. The molecule has 0 aliphatic rings. The van der Waals surface area contributed by atoms with Crippen molar-refractivity contribution in [1.29, 1.82) is 0 Å². The van der Waals surface area contributed by atoms with Crippen LogP contribution < -0.4 is 20.7 Å². The highest BCUT2D eigenvalue weighted by Crippen LogP contribution is 2.30. The van der Waals surface area contributed by atoms with E-state index in [0.29, 0.717) is 12.3 Å². The number of carbonyl (C=O) groups excluding carboxylic acids is 1. The first-order valence-corrected chi connectivity index (χ1v) is 7.07. The van der Waals surface area contributed by atoms with Crippen molar-refractivity contribution in [2.24, 2.45) is 0 Å². The number of nitrogens with two attached hydrogens (primary N) is 1. The van der Waals surface area contributed by atoms with E-state index in [2.05, 4.69) is 5.32 Å². The second kappa shape index (κ2) is 7.71. The predicted octanol–water partition coefficient (Wildman–Crippen LogP) is 2.16. The van der Waals surface area contributed by atoms with Gasteiger partial charge in [0.05, 0.1) is 24.5 Å². The van der Waals surface area contributed by atoms with E-state index in [4.69, 9.17) is 10.5 Å². The van der Waals surface area contributed by atoms with E-state index in [0.717, 1.165) is 6.42 Å². The van der Waals surface area contributed by atoms with E-state index in [9.17, 15) is 9.18 Å². The highest BCUT2D eigenvalue weighted by molar-refractivity contribution is 5.83. The molecule has 1 amide bonds. The maximum Gasteiger partial charge on any atom is 0.239 e. The van der Waals surface area contributed by atoms with E-state index >= 15 is 0 Å². The van der Waals surface area contributed by atoms with Crippen molar-refractivity contribution < 1.29 is 13.9 Å². The van der Waals surface area contributed by atoms with Gasteiger partial charge in [-0.25, -0.2) is 4.39 Å². The van der Waals surface area contributed by atoms with Gasteiger partial charge in [-0.05, 0) is 20.3 Å². The van der Waals surface area contributed by atoms with Crippen LogP contribution in [0.1, 0.15) is 27.2 Å². The van der Waals surface area contributed by atoms with Gasteiger partial charge in [0.1, 0.15) is 0 Å². The second-order valence-corrected chi connectivity index (χ2v) is 5.27. The van der Waals surface area contributed by atoms with Gasteiger partial charge in [0.2, 0.25) is 5.91 Å². The lowest BCUT2D eigenvalue weighted by Crippen LogP contribution is -2.38. The molecule has 0 unspecified atom stereocenters. The molecule has 3 N–H and O–H groups in total. The maximum absolute atomic E-state index is 13.7. The molecule has 0 bridgehead atoms. The van der Waals surface area contributed by atoms with Crippen molar-refractivity contribution in [2.45, 2.75) is 33.2 Å². The minimum Gasteiger partial charge on any atom is -0.490 e. The molecule has 21 heavy (non-hydrogen) atoms. The van der Waals surface area contributed by atoms with Crippen LogP contribution in [0.2, 0.25) is 0 Å². The smallest absolute Gasteiger partial charge is 0.239 e. The van der Waals surface area contributed by atoms with Crippen molar-refractivity contribution in [3.63, 3.8) is 0 Å². The average molecular weight is 297 g/mol. The highest BCUT2D eigenvalue weighted by Gasteiger charge is 2.15. The van der Waals surface area contributed by atoms with Crippen LogP contribution in [0.3, 0.4) is 0 Å². The van der Waals surface area contributed by atoms with Crippen molar-refractivity contribution in [1.82, 2.24) is 5.32 Å². The van der Waals surface area contributed by atoms with Crippen LogP contribution in [0.4, 0.5) is 15.8 Å².